The van der Waals surface area contributed by atoms with Crippen molar-refractivity contribution in [3.8, 4) is 0 Å². The number of amides is 1. The molecule has 0 unspecified atom stereocenters. The van der Waals surface area contributed by atoms with E-state index >= 15 is 0 Å². The van der Waals surface area contributed by atoms with Gasteiger partial charge in [-0.15, -0.1) is 0 Å². The van der Waals surface area contributed by atoms with Crippen LogP contribution in [0.25, 0.3) is 0 Å². The fourth-order valence-electron chi connectivity index (χ4n) is 1.82. The summed E-state index contributed by atoms with van der Waals surface area (Å²) in [5.74, 6) is -1.32. The first kappa shape index (κ1) is 20.4. The van der Waals surface area contributed by atoms with Crippen LogP contribution in [0, 0.1) is 0 Å². The number of carbonyl (C=O) groups is 3. The van der Waals surface area contributed by atoms with Crippen LogP contribution < -0.4 is 5.32 Å². The Morgan fingerprint density at radius 1 is 1.04 bits per heavy atom. The average molecular weight is 352 g/mol. The summed E-state index contributed by atoms with van der Waals surface area (Å²) >= 11 is 0. The molecule has 0 atom stereocenters. The Morgan fingerprint density at radius 3 is 2.12 bits per heavy atom. The molecule has 8 nitrogen and oxygen atoms in total. The summed E-state index contributed by atoms with van der Waals surface area (Å²) in [6.07, 6.45) is 0.623. The van der Waals surface area contributed by atoms with Crippen molar-refractivity contribution in [2.24, 2.45) is 0 Å². The fourth-order valence-corrected chi connectivity index (χ4v) is 1.82. The third-order valence-corrected chi connectivity index (χ3v) is 2.76. The van der Waals surface area contributed by atoms with Crippen molar-refractivity contribution >= 4 is 18.0 Å². The van der Waals surface area contributed by atoms with Gasteiger partial charge < -0.3 is 19.5 Å². The quantitative estimate of drug-likeness (QED) is 0.619. The number of alkyl carbamates (subject to hydrolysis) is 1. The Balaban J connectivity index is 2.95. The van der Waals surface area contributed by atoms with Gasteiger partial charge in [-0.1, -0.05) is 0 Å². The lowest BCUT2D eigenvalue weighted by Crippen LogP contribution is -2.32. The lowest BCUT2D eigenvalue weighted by atomic mass is 10.1. The highest BCUT2D eigenvalue weighted by atomic mass is 16.6. The topological polar surface area (TPSA) is 104 Å². The van der Waals surface area contributed by atoms with Gasteiger partial charge in [0.25, 0.3) is 0 Å². The van der Waals surface area contributed by atoms with Gasteiger partial charge in [0.1, 0.15) is 5.60 Å². The van der Waals surface area contributed by atoms with E-state index in [4.69, 9.17) is 14.2 Å². The number of nitrogens with one attached hydrogen (secondary N) is 1. The number of hydrogen-bond acceptors (Lipinski definition) is 7. The second kappa shape index (κ2) is 9.00. The first-order valence-corrected chi connectivity index (χ1v) is 7.98. The van der Waals surface area contributed by atoms with Gasteiger partial charge in [0.05, 0.1) is 36.6 Å². The number of esters is 2. The van der Waals surface area contributed by atoms with Gasteiger partial charge in [-0.25, -0.2) is 14.4 Å². The number of pyridine rings is 1. The first-order chi connectivity index (χ1) is 11.7. The molecule has 0 bridgehead atoms. The minimum Gasteiger partial charge on any atom is -0.462 e. The number of hydrogen-bond donors (Lipinski definition) is 1. The molecule has 1 aromatic heterocycles. The molecule has 0 aliphatic carbocycles. The van der Waals surface area contributed by atoms with E-state index in [9.17, 15) is 14.4 Å². The van der Waals surface area contributed by atoms with Gasteiger partial charge in [0.2, 0.25) is 0 Å². The molecule has 138 valence electrons. The monoisotopic (exact) mass is 352 g/mol. The molecule has 1 aromatic rings. The third-order valence-electron chi connectivity index (χ3n) is 2.76. The van der Waals surface area contributed by atoms with Crippen LogP contribution in [0.1, 0.15) is 61.0 Å². The maximum atomic E-state index is 12.1. The van der Waals surface area contributed by atoms with Crippen LogP contribution in [0.5, 0.6) is 0 Å². The molecular formula is C17H24N2O6. The summed E-state index contributed by atoms with van der Waals surface area (Å²) in [6, 6.07) is 1.39. The lowest BCUT2D eigenvalue weighted by molar-refractivity contribution is 0.0478. The van der Waals surface area contributed by atoms with E-state index < -0.39 is 23.6 Å². The minimum absolute atomic E-state index is 0.0151. The molecule has 1 N–H and O–H groups in total. The van der Waals surface area contributed by atoms with Crippen LogP contribution in [0.2, 0.25) is 0 Å². The number of rotatable bonds is 6. The highest BCUT2D eigenvalue weighted by Crippen LogP contribution is 2.14. The average Bonchev–Trinajstić information content (AvgIpc) is 2.51. The third kappa shape index (κ3) is 6.78. The largest absolute Gasteiger partial charge is 0.462 e. The molecule has 0 radical (unpaired) electrons. The zero-order valence-electron chi connectivity index (χ0n) is 15.2. The molecule has 0 aliphatic rings. The van der Waals surface area contributed by atoms with Crippen LogP contribution >= 0.6 is 0 Å². The second-order valence-corrected chi connectivity index (χ2v) is 6.02. The van der Waals surface area contributed by atoms with E-state index in [0.29, 0.717) is 5.69 Å². The first-order valence-electron chi connectivity index (χ1n) is 7.98. The highest BCUT2D eigenvalue weighted by molar-refractivity contribution is 6.03. The Labute approximate surface area is 146 Å². The molecule has 8 heteroatoms. The van der Waals surface area contributed by atoms with E-state index in [1.54, 1.807) is 34.6 Å². The molecule has 0 fully saturated rings. The fraction of sp³-hybridized carbons (Fsp3) is 0.529. The molecule has 0 saturated heterocycles. The Bertz CT molecular complexity index is 637. The van der Waals surface area contributed by atoms with E-state index in [1.807, 2.05) is 0 Å². The van der Waals surface area contributed by atoms with Gasteiger partial charge in [0.15, 0.2) is 0 Å². The smallest absolute Gasteiger partial charge is 0.407 e. The van der Waals surface area contributed by atoms with E-state index in [0.717, 1.165) is 0 Å². The zero-order valence-corrected chi connectivity index (χ0v) is 15.2. The normalized spacial score (nSPS) is 10.8. The predicted octanol–water partition coefficient (Wildman–Crippen LogP) is 2.46. The van der Waals surface area contributed by atoms with Crippen molar-refractivity contribution in [3.05, 3.63) is 29.1 Å². The summed E-state index contributed by atoms with van der Waals surface area (Å²) in [6.45, 7) is 8.93. The van der Waals surface area contributed by atoms with Gasteiger partial charge in [-0.3, -0.25) is 4.98 Å². The summed E-state index contributed by atoms with van der Waals surface area (Å²) in [5.41, 5.74) is -0.193. The van der Waals surface area contributed by atoms with Gasteiger partial charge >= 0.3 is 18.0 Å². The van der Waals surface area contributed by atoms with Gasteiger partial charge in [-0.2, -0.15) is 0 Å². The van der Waals surface area contributed by atoms with E-state index in [2.05, 4.69) is 10.3 Å². The minimum atomic E-state index is -0.662. The predicted molar refractivity (Wildman–Crippen MR) is 89.2 cm³/mol. The van der Waals surface area contributed by atoms with E-state index in [1.165, 1.54) is 12.3 Å². The van der Waals surface area contributed by atoms with Crippen LogP contribution in [0.4, 0.5) is 4.79 Å². The maximum Gasteiger partial charge on any atom is 0.407 e. The molecule has 0 aromatic carbocycles. The Morgan fingerprint density at radius 2 is 1.60 bits per heavy atom. The molecule has 0 spiro atoms. The number of aromatic nitrogens is 1. The summed E-state index contributed by atoms with van der Waals surface area (Å²) in [4.78, 5) is 39.8. The Hall–Kier alpha value is -2.64. The molecule has 0 aliphatic heterocycles. The summed E-state index contributed by atoms with van der Waals surface area (Å²) in [5, 5.41) is 2.54. The summed E-state index contributed by atoms with van der Waals surface area (Å²) < 4.78 is 15.0. The highest BCUT2D eigenvalue weighted by Gasteiger charge is 2.21. The molecule has 0 saturated carbocycles. The SMILES string of the molecule is CCOC(=O)c1cnc(CNC(=O)OC(C)(C)C)cc1C(=O)OCC. The van der Waals surface area contributed by atoms with Gasteiger partial charge in [-0.05, 0) is 40.7 Å². The maximum absolute atomic E-state index is 12.1. The second-order valence-electron chi connectivity index (χ2n) is 6.02. The molecule has 1 rings (SSSR count). The van der Waals surface area contributed by atoms with Crippen LogP contribution in [-0.2, 0) is 20.8 Å². The Kier molecular flexibility index (Phi) is 7.35. The van der Waals surface area contributed by atoms with Gasteiger partial charge in [0, 0.05) is 6.20 Å². The van der Waals surface area contributed by atoms with Crippen LogP contribution in [0.15, 0.2) is 12.3 Å². The van der Waals surface area contributed by atoms with E-state index in [-0.39, 0.29) is 30.9 Å². The number of carbonyl (C=O) groups excluding carboxylic acids is 3. The van der Waals surface area contributed by atoms with Crippen molar-refractivity contribution in [1.29, 1.82) is 0 Å². The van der Waals surface area contributed by atoms with Crippen molar-refractivity contribution < 1.29 is 28.6 Å². The molecule has 25 heavy (non-hydrogen) atoms. The van der Waals surface area contributed by atoms with Crippen molar-refractivity contribution in [2.45, 2.75) is 46.8 Å². The summed E-state index contributed by atoms with van der Waals surface area (Å²) in [7, 11) is 0. The molecule has 1 heterocycles. The van der Waals surface area contributed by atoms with Crippen molar-refractivity contribution in [2.75, 3.05) is 13.2 Å². The molecule has 1 amide bonds. The standard InChI is InChI=1S/C17H24N2O6/c1-6-23-14(20)12-8-11(9-19-16(22)25-17(3,4)5)18-10-13(12)15(21)24-7-2/h8,10H,6-7,9H2,1-5H3,(H,19,22). The number of nitrogens with zero attached hydrogens (tertiary/aromatic N) is 1. The van der Waals surface area contributed by atoms with Crippen LogP contribution in [-0.4, -0.2) is 41.8 Å². The van der Waals surface area contributed by atoms with Crippen molar-refractivity contribution in [3.63, 3.8) is 0 Å². The number of ether oxygens (including phenoxy) is 3. The van der Waals surface area contributed by atoms with Crippen LogP contribution in [0.3, 0.4) is 0 Å². The molecular weight excluding hydrogens is 328 g/mol. The lowest BCUT2D eigenvalue weighted by Gasteiger charge is -2.19. The zero-order chi connectivity index (χ0) is 19.0. The van der Waals surface area contributed by atoms with Crippen molar-refractivity contribution in [1.82, 2.24) is 10.3 Å².